The minimum atomic E-state index is -1.39. The molecule has 3 aromatic carbocycles. The molecule has 1 aliphatic carbocycles. The van der Waals surface area contributed by atoms with Crippen LogP contribution >= 0.6 is 0 Å². The summed E-state index contributed by atoms with van der Waals surface area (Å²) in [5, 5.41) is 12.5. The fourth-order valence-electron chi connectivity index (χ4n) is 5.60. The Kier molecular flexibility index (Phi) is 7.17. The maximum absolute atomic E-state index is 15.6. The number of carboxylic acids is 1. The van der Waals surface area contributed by atoms with Crippen molar-refractivity contribution in [1.29, 1.82) is 0 Å². The Morgan fingerprint density at radius 3 is 2.37 bits per heavy atom. The molecular weight excluding hydrogens is 560 g/mol. The number of amides is 2. The number of cyclic esters (lactones) is 1. The number of carbonyl (C=O) groups excluding carboxylic acids is 2. The van der Waals surface area contributed by atoms with Gasteiger partial charge in [-0.2, -0.15) is 0 Å². The van der Waals surface area contributed by atoms with Crippen LogP contribution in [-0.2, 0) is 16.0 Å². The van der Waals surface area contributed by atoms with Gasteiger partial charge in [0.1, 0.15) is 23.3 Å². The SMILES string of the molecule is CC(=O)NC[C@H]1CN(c2ccc(-c3cc4c(cc3F)c(=O)c(C(=O)O)c(Cc3ccccc3)n4C3CC3)c(F)c2)C(=O)O1. The Hall–Kier alpha value is -5.06. The van der Waals surface area contributed by atoms with E-state index in [4.69, 9.17) is 4.74 Å². The number of carbonyl (C=O) groups is 3. The lowest BCUT2D eigenvalue weighted by Crippen LogP contribution is -2.33. The molecule has 43 heavy (non-hydrogen) atoms. The van der Waals surface area contributed by atoms with E-state index in [0.717, 1.165) is 30.5 Å². The van der Waals surface area contributed by atoms with Gasteiger partial charge in [0.2, 0.25) is 11.3 Å². The van der Waals surface area contributed by atoms with Gasteiger partial charge in [-0.25, -0.2) is 18.4 Å². The van der Waals surface area contributed by atoms with Crippen LogP contribution < -0.4 is 15.6 Å². The van der Waals surface area contributed by atoms with Gasteiger partial charge in [-0.3, -0.25) is 14.5 Å². The molecule has 2 fully saturated rings. The van der Waals surface area contributed by atoms with Crippen LogP contribution in [0.2, 0.25) is 0 Å². The number of hydrogen-bond acceptors (Lipinski definition) is 5. The van der Waals surface area contributed by atoms with E-state index in [9.17, 15) is 24.3 Å². The Morgan fingerprint density at radius 1 is 1.00 bits per heavy atom. The molecule has 11 heteroatoms. The van der Waals surface area contributed by atoms with Gasteiger partial charge in [0.05, 0.1) is 24.3 Å². The number of aromatic carboxylic acids is 1. The molecule has 2 aliphatic rings. The van der Waals surface area contributed by atoms with E-state index in [1.54, 1.807) is 4.57 Å². The van der Waals surface area contributed by atoms with Gasteiger partial charge in [-0.1, -0.05) is 30.3 Å². The maximum atomic E-state index is 15.6. The fourth-order valence-corrected chi connectivity index (χ4v) is 5.60. The molecular formula is C32H27F2N3O6. The molecule has 4 aromatic rings. The number of ether oxygens (including phenoxy) is 1. The molecule has 6 rings (SSSR count). The molecule has 2 amide bonds. The molecule has 0 bridgehead atoms. The van der Waals surface area contributed by atoms with Crippen LogP contribution in [0.3, 0.4) is 0 Å². The van der Waals surface area contributed by atoms with Crippen LogP contribution in [0, 0.1) is 11.6 Å². The van der Waals surface area contributed by atoms with E-state index in [1.165, 1.54) is 30.0 Å². The van der Waals surface area contributed by atoms with Gasteiger partial charge in [0, 0.05) is 41.6 Å². The number of nitrogens with zero attached hydrogens (tertiary/aromatic N) is 2. The molecule has 2 N–H and O–H groups in total. The normalized spacial score (nSPS) is 16.4. The molecule has 1 atom stereocenters. The number of fused-ring (bicyclic) bond motifs is 1. The van der Waals surface area contributed by atoms with Crippen molar-refractivity contribution in [2.75, 3.05) is 18.0 Å². The third-order valence-corrected chi connectivity index (χ3v) is 7.74. The first-order chi connectivity index (χ1) is 20.6. The second-order valence-corrected chi connectivity index (χ2v) is 10.8. The van der Waals surface area contributed by atoms with Crippen molar-refractivity contribution >= 4 is 34.6 Å². The first-order valence-corrected chi connectivity index (χ1v) is 13.8. The van der Waals surface area contributed by atoms with Gasteiger partial charge < -0.3 is 19.7 Å². The summed E-state index contributed by atoms with van der Waals surface area (Å²) in [5.74, 6) is -3.36. The van der Waals surface area contributed by atoms with Crippen LogP contribution in [0.1, 0.15) is 47.4 Å². The minimum absolute atomic E-state index is 0.0861. The summed E-state index contributed by atoms with van der Waals surface area (Å²) in [4.78, 5) is 50.6. The average molecular weight is 588 g/mol. The lowest BCUT2D eigenvalue weighted by atomic mass is 9.97. The van der Waals surface area contributed by atoms with Crippen LogP contribution in [-0.4, -0.2) is 46.8 Å². The topological polar surface area (TPSA) is 118 Å². The number of anilines is 1. The predicted octanol–water partition coefficient (Wildman–Crippen LogP) is 5.03. The zero-order valence-electron chi connectivity index (χ0n) is 23.1. The Balaban J connectivity index is 1.44. The fraction of sp³-hybridized carbons (Fsp3) is 0.250. The second-order valence-electron chi connectivity index (χ2n) is 10.8. The predicted molar refractivity (Wildman–Crippen MR) is 154 cm³/mol. The van der Waals surface area contributed by atoms with Crippen LogP contribution in [0.4, 0.5) is 19.3 Å². The van der Waals surface area contributed by atoms with Crippen molar-refractivity contribution in [3.63, 3.8) is 0 Å². The van der Waals surface area contributed by atoms with Crippen molar-refractivity contribution in [1.82, 2.24) is 9.88 Å². The van der Waals surface area contributed by atoms with E-state index < -0.39 is 40.8 Å². The van der Waals surface area contributed by atoms with E-state index in [-0.39, 0.29) is 53.7 Å². The zero-order valence-corrected chi connectivity index (χ0v) is 23.1. The van der Waals surface area contributed by atoms with Crippen molar-refractivity contribution in [2.24, 2.45) is 0 Å². The molecule has 0 unspecified atom stereocenters. The van der Waals surface area contributed by atoms with E-state index in [1.807, 2.05) is 30.3 Å². The molecule has 1 aromatic heterocycles. The molecule has 1 saturated carbocycles. The van der Waals surface area contributed by atoms with Crippen LogP contribution in [0.5, 0.6) is 0 Å². The Bertz CT molecular complexity index is 1850. The van der Waals surface area contributed by atoms with Gasteiger partial charge in [0.25, 0.3) is 0 Å². The van der Waals surface area contributed by atoms with Crippen LogP contribution in [0.15, 0.2) is 65.5 Å². The summed E-state index contributed by atoms with van der Waals surface area (Å²) >= 11 is 0. The highest BCUT2D eigenvalue weighted by atomic mass is 19.1. The van der Waals surface area contributed by atoms with E-state index in [2.05, 4.69) is 5.32 Å². The highest BCUT2D eigenvalue weighted by Gasteiger charge is 2.34. The molecule has 0 spiro atoms. The molecule has 2 heterocycles. The van der Waals surface area contributed by atoms with Gasteiger partial charge in [-0.15, -0.1) is 0 Å². The standard InChI is InChI=1S/C32H27F2N3O6/c1-17(38)35-15-21-16-36(32(42)43-21)20-9-10-22(25(33)12-20)23-14-27-24(13-26(23)34)30(39)29(31(40)41)28(37(27)19-7-8-19)11-18-5-3-2-4-6-18/h2-6,9-10,12-14,19,21H,7-8,11,15-16H2,1H3,(H,35,38)(H,40,41)/t21-/m0/s1. The minimum Gasteiger partial charge on any atom is -0.477 e. The molecule has 220 valence electrons. The number of hydrogen-bond donors (Lipinski definition) is 2. The highest BCUT2D eigenvalue weighted by Crippen LogP contribution is 2.41. The smallest absolute Gasteiger partial charge is 0.414 e. The first kappa shape index (κ1) is 28.1. The number of pyridine rings is 1. The molecule has 1 saturated heterocycles. The second kappa shape index (κ2) is 11.0. The summed E-state index contributed by atoms with van der Waals surface area (Å²) < 4.78 is 38.2. The number of carboxylic acid groups (broad SMARTS) is 1. The summed E-state index contributed by atoms with van der Waals surface area (Å²) in [7, 11) is 0. The van der Waals surface area contributed by atoms with Crippen molar-refractivity contribution in [3.8, 4) is 11.1 Å². The highest BCUT2D eigenvalue weighted by molar-refractivity contribution is 5.96. The molecule has 9 nitrogen and oxygen atoms in total. The van der Waals surface area contributed by atoms with Gasteiger partial charge in [0.15, 0.2) is 0 Å². The number of benzene rings is 3. The summed E-state index contributed by atoms with van der Waals surface area (Å²) in [6.45, 7) is 1.54. The first-order valence-electron chi connectivity index (χ1n) is 13.8. The summed E-state index contributed by atoms with van der Waals surface area (Å²) in [6.07, 6.45) is 0.367. The Labute approximate surface area is 244 Å². The Morgan fingerprint density at radius 2 is 1.72 bits per heavy atom. The third kappa shape index (κ3) is 5.33. The average Bonchev–Trinajstić information content (AvgIpc) is 3.73. The maximum Gasteiger partial charge on any atom is 0.414 e. The third-order valence-electron chi connectivity index (χ3n) is 7.74. The lowest BCUT2D eigenvalue weighted by molar-refractivity contribution is -0.119. The molecule has 1 aliphatic heterocycles. The summed E-state index contributed by atoms with van der Waals surface area (Å²) in [6, 6.07) is 15.3. The van der Waals surface area contributed by atoms with Crippen molar-refractivity contribution < 1.29 is 33.0 Å². The number of nitrogens with one attached hydrogen (secondary N) is 1. The number of halogens is 2. The van der Waals surface area contributed by atoms with Crippen LogP contribution in [0.25, 0.3) is 22.0 Å². The zero-order chi connectivity index (χ0) is 30.4. The molecule has 0 radical (unpaired) electrons. The lowest BCUT2D eigenvalue weighted by Gasteiger charge is -2.20. The number of aromatic nitrogens is 1. The van der Waals surface area contributed by atoms with Gasteiger partial charge >= 0.3 is 12.1 Å². The quantitative estimate of drug-likeness (QED) is 0.299. The monoisotopic (exact) mass is 587 g/mol. The van der Waals surface area contributed by atoms with Gasteiger partial charge in [-0.05, 0) is 48.7 Å². The summed E-state index contributed by atoms with van der Waals surface area (Å²) in [5.41, 5.74) is 0.249. The largest absolute Gasteiger partial charge is 0.477 e. The van der Waals surface area contributed by atoms with Crippen molar-refractivity contribution in [3.05, 3.63) is 99.3 Å². The van der Waals surface area contributed by atoms with E-state index >= 15 is 8.78 Å². The number of rotatable bonds is 8. The van der Waals surface area contributed by atoms with Crippen molar-refractivity contribution in [2.45, 2.75) is 38.3 Å². The van der Waals surface area contributed by atoms with E-state index in [0.29, 0.717) is 11.2 Å².